The van der Waals surface area contributed by atoms with E-state index >= 15 is 0 Å². The van der Waals surface area contributed by atoms with Gasteiger partial charge in [0.2, 0.25) is 0 Å². The molecule has 2 aliphatic carbocycles. The molecule has 2 saturated carbocycles. The molecule has 0 radical (unpaired) electrons. The molecule has 2 aliphatic rings. The summed E-state index contributed by atoms with van der Waals surface area (Å²) in [4.78, 5) is 0. The van der Waals surface area contributed by atoms with Crippen LogP contribution < -0.4 is 4.52 Å². The lowest BCUT2D eigenvalue weighted by molar-refractivity contribution is 0.358. The lowest BCUT2D eigenvalue weighted by atomic mass is 10.1. The van der Waals surface area contributed by atoms with Crippen LogP contribution in [-0.4, -0.2) is 24.1 Å². The lowest BCUT2D eigenvalue weighted by Crippen LogP contribution is -2.12. The van der Waals surface area contributed by atoms with Crippen molar-refractivity contribution >= 4 is 38.1 Å². The highest BCUT2D eigenvalue weighted by Crippen LogP contribution is 2.57. The summed E-state index contributed by atoms with van der Waals surface area (Å²) in [6.45, 7) is 0.704. The van der Waals surface area contributed by atoms with Gasteiger partial charge in [-0.05, 0) is 68.1 Å². The van der Waals surface area contributed by atoms with Crippen molar-refractivity contribution in [1.82, 2.24) is 0 Å². The van der Waals surface area contributed by atoms with Crippen molar-refractivity contribution in [2.75, 3.05) is 12.8 Å². The summed E-state index contributed by atoms with van der Waals surface area (Å²) in [6, 6.07) is 16.3. The second kappa shape index (κ2) is 11.9. The van der Waals surface area contributed by atoms with Crippen molar-refractivity contribution in [2.24, 2.45) is 0 Å². The number of hydrogen-bond acceptors (Lipinski definition) is 3. The predicted octanol–water partition coefficient (Wildman–Crippen LogP) is 9.65. The van der Waals surface area contributed by atoms with E-state index in [0.717, 1.165) is 39.7 Å². The first-order valence-electron chi connectivity index (χ1n) is 13.1. The largest absolute Gasteiger partial charge is 0.399 e. The summed E-state index contributed by atoms with van der Waals surface area (Å²) in [6.07, 6.45) is 18.7. The van der Waals surface area contributed by atoms with E-state index in [-0.39, 0.29) is 7.92 Å². The van der Waals surface area contributed by atoms with Crippen LogP contribution >= 0.6 is 16.2 Å². The maximum absolute atomic E-state index is 6.14. The molecule has 2 fully saturated rings. The van der Waals surface area contributed by atoms with Gasteiger partial charge in [0.15, 0.2) is 0 Å². The molecular weight excluding hydrogens is 446 g/mol. The Morgan fingerprint density at radius 1 is 0.697 bits per heavy atom. The second-order valence-electron chi connectivity index (χ2n) is 9.76. The van der Waals surface area contributed by atoms with Crippen LogP contribution in [0.4, 0.5) is 0 Å². The fourth-order valence-corrected chi connectivity index (χ4v) is 10.8. The molecule has 3 nitrogen and oxygen atoms in total. The van der Waals surface area contributed by atoms with Crippen molar-refractivity contribution < 1.29 is 12.9 Å². The van der Waals surface area contributed by atoms with Crippen LogP contribution in [0.25, 0.3) is 21.9 Å². The molecule has 0 aliphatic heterocycles. The standard InChI is InChI=1S/C28H38O3P2/c1(2-12-22-32(23-13-3-4-14-23)24-15-5-6-16-24)11-21-29-33-30-27-19-9-7-17-25(27)26-18-8-10-20-28(26)31-33/h7-10,17-20,23-24H,1-6,11-16,21-22H2. The summed E-state index contributed by atoms with van der Waals surface area (Å²) >= 11 is 0. The Bertz CT molecular complexity index is 977. The Kier molecular flexibility index (Phi) is 8.48. The third kappa shape index (κ3) is 6.05. The minimum Gasteiger partial charge on any atom is -0.399 e. The molecule has 5 heteroatoms. The zero-order valence-corrected chi connectivity index (χ0v) is 21.6. The Morgan fingerprint density at radius 2 is 1.21 bits per heavy atom. The van der Waals surface area contributed by atoms with Gasteiger partial charge < -0.3 is 8.39 Å². The quantitative estimate of drug-likeness (QED) is 0.212. The second-order valence-corrected chi connectivity index (χ2v) is 13.8. The SMILES string of the molecule is c1ccc2c(c1)op(OCCCCCCP(C1CCCC1)C1CCCC1)oc1ccccc12. The molecule has 5 rings (SSSR count). The number of rotatable bonds is 10. The third-order valence-corrected chi connectivity index (χ3v) is 12.3. The van der Waals surface area contributed by atoms with Gasteiger partial charge in [0, 0.05) is 10.8 Å². The van der Waals surface area contributed by atoms with E-state index in [4.69, 9.17) is 12.9 Å². The molecule has 0 saturated heterocycles. The van der Waals surface area contributed by atoms with Crippen molar-refractivity contribution in [1.29, 1.82) is 0 Å². The maximum Gasteiger partial charge on any atom is 0.387 e. The highest BCUT2D eigenvalue weighted by molar-refractivity contribution is 7.59. The Labute approximate surface area is 200 Å². The fourth-order valence-electron chi connectivity index (χ4n) is 5.79. The Morgan fingerprint density at radius 3 is 1.79 bits per heavy atom. The van der Waals surface area contributed by atoms with Gasteiger partial charge in [-0.3, -0.25) is 4.52 Å². The molecule has 1 aromatic heterocycles. The zero-order chi connectivity index (χ0) is 22.3. The number of benzene rings is 2. The third-order valence-electron chi connectivity index (χ3n) is 7.50. The smallest absolute Gasteiger partial charge is 0.387 e. The minimum absolute atomic E-state index is 0.282. The van der Waals surface area contributed by atoms with Gasteiger partial charge >= 0.3 is 8.24 Å². The fraction of sp³-hybridized carbons (Fsp3) is 0.571. The van der Waals surface area contributed by atoms with E-state index in [0.29, 0.717) is 6.61 Å². The first kappa shape index (κ1) is 23.5. The zero-order valence-electron chi connectivity index (χ0n) is 19.8. The number of hydrogen-bond donors (Lipinski definition) is 0. The van der Waals surface area contributed by atoms with E-state index in [1.54, 1.807) is 0 Å². The van der Waals surface area contributed by atoms with E-state index in [1.807, 2.05) is 36.4 Å². The molecule has 0 unspecified atom stereocenters. The van der Waals surface area contributed by atoms with Gasteiger partial charge in [0.25, 0.3) is 0 Å². The molecule has 178 valence electrons. The van der Waals surface area contributed by atoms with Crippen molar-refractivity contribution in [3.8, 4) is 0 Å². The molecule has 0 bridgehead atoms. The monoisotopic (exact) mass is 484 g/mol. The van der Waals surface area contributed by atoms with Gasteiger partial charge in [-0.1, -0.05) is 74.9 Å². The van der Waals surface area contributed by atoms with Crippen LogP contribution in [0.2, 0.25) is 0 Å². The van der Waals surface area contributed by atoms with Gasteiger partial charge in [-0.15, -0.1) is 7.92 Å². The first-order chi connectivity index (χ1) is 16.4. The van der Waals surface area contributed by atoms with E-state index in [2.05, 4.69) is 12.1 Å². The topological polar surface area (TPSA) is 35.5 Å². The van der Waals surface area contributed by atoms with Crippen LogP contribution in [0.3, 0.4) is 0 Å². The van der Waals surface area contributed by atoms with Crippen LogP contribution in [0, 0.1) is 0 Å². The average molecular weight is 485 g/mol. The van der Waals surface area contributed by atoms with E-state index in [1.165, 1.54) is 76.8 Å². The average Bonchev–Trinajstić information content (AvgIpc) is 3.54. The molecule has 0 atom stereocenters. The molecule has 0 spiro atoms. The number of unbranched alkanes of at least 4 members (excludes halogenated alkanes) is 3. The molecule has 0 N–H and O–H groups in total. The van der Waals surface area contributed by atoms with E-state index < -0.39 is 8.24 Å². The summed E-state index contributed by atoms with van der Waals surface area (Å²) in [7, 11) is -1.13. The molecular formula is C28H38O3P2. The Hall–Kier alpha value is -1.27. The molecule has 3 aromatic rings. The number of fused-ring (bicyclic) bond motifs is 3. The molecule has 0 amide bonds. The highest BCUT2D eigenvalue weighted by Gasteiger charge is 2.31. The van der Waals surface area contributed by atoms with Crippen LogP contribution in [0.5, 0.6) is 0 Å². The maximum atomic E-state index is 6.14. The predicted molar refractivity (Wildman–Crippen MR) is 143 cm³/mol. The van der Waals surface area contributed by atoms with Gasteiger partial charge in [0.05, 0.1) is 6.61 Å². The normalized spacial score (nSPS) is 17.6. The van der Waals surface area contributed by atoms with Crippen molar-refractivity contribution in [3.63, 3.8) is 0 Å². The lowest BCUT2D eigenvalue weighted by Gasteiger charge is -2.30. The molecule has 1 heterocycles. The van der Waals surface area contributed by atoms with Gasteiger partial charge in [-0.25, -0.2) is 0 Å². The van der Waals surface area contributed by atoms with E-state index in [9.17, 15) is 0 Å². The van der Waals surface area contributed by atoms with Crippen molar-refractivity contribution in [2.45, 2.75) is 88.4 Å². The first-order valence-corrected chi connectivity index (χ1v) is 15.9. The van der Waals surface area contributed by atoms with Crippen LogP contribution in [0.1, 0.15) is 77.0 Å². The summed E-state index contributed by atoms with van der Waals surface area (Å²) in [5, 5.41) is 2.14. The highest BCUT2D eigenvalue weighted by atomic mass is 31.1. The molecule has 2 aromatic carbocycles. The summed E-state index contributed by atoms with van der Waals surface area (Å²) in [5.41, 5.74) is 3.90. The van der Waals surface area contributed by atoms with Gasteiger partial charge in [0.1, 0.15) is 11.2 Å². The Balaban J connectivity index is 1.11. The number of para-hydroxylation sites is 2. The van der Waals surface area contributed by atoms with Crippen LogP contribution in [0.15, 0.2) is 56.9 Å². The summed E-state index contributed by atoms with van der Waals surface area (Å²) in [5.74, 6) is 0. The minimum atomic E-state index is -1.42. The summed E-state index contributed by atoms with van der Waals surface area (Å²) < 4.78 is 18.4. The van der Waals surface area contributed by atoms with Crippen LogP contribution in [-0.2, 0) is 0 Å². The van der Waals surface area contributed by atoms with Gasteiger partial charge in [-0.2, -0.15) is 0 Å². The van der Waals surface area contributed by atoms with Crippen molar-refractivity contribution in [3.05, 3.63) is 48.5 Å². The molecule has 33 heavy (non-hydrogen) atoms.